The molecule has 0 aliphatic carbocycles. The van der Waals surface area contributed by atoms with Gasteiger partial charge in [-0.1, -0.05) is 58.0 Å². The molecule has 0 aliphatic rings. The van der Waals surface area contributed by atoms with E-state index < -0.39 is 24.2 Å². The van der Waals surface area contributed by atoms with E-state index in [1.165, 1.54) is 0 Å². The van der Waals surface area contributed by atoms with E-state index in [9.17, 15) is 14.7 Å². The van der Waals surface area contributed by atoms with Crippen molar-refractivity contribution in [3.05, 3.63) is 54.1 Å². The summed E-state index contributed by atoms with van der Waals surface area (Å²) in [4.78, 5) is 32.9. The molecule has 8 nitrogen and oxygen atoms in total. The summed E-state index contributed by atoms with van der Waals surface area (Å²) in [7, 11) is 0. The van der Waals surface area contributed by atoms with Crippen molar-refractivity contribution in [2.75, 3.05) is 0 Å². The van der Waals surface area contributed by atoms with Crippen LogP contribution >= 0.6 is 0 Å². The number of aliphatic hydroxyl groups is 1. The lowest BCUT2D eigenvalue weighted by Gasteiger charge is -2.28. The van der Waals surface area contributed by atoms with Gasteiger partial charge in [-0.25, -0.2) is 4.98 Å². The average molecular weight is 444 g/mol. The molecule has 2 rings (SSSR count). The molecule has 8 heteroatoms. The maximum absolute atomic E-state index is 13.2. The first-order valence-electron chi connectivity index (χ1n) is 11.2. The van der Waals surface area contributed by atoms with Crippen molar-refractivity contribution < 1.29 is 14.7 Å². The van der Waals surface area contributed by atoms with Gasteiger partial charge in [-0.05, 0) is 36.7 Å². The molecule has 1 aromatic carbocycles. The number of amides is 2. The second kappa shape index (κ2) is 12.4. The van der Waals surface area contributed by atoms with Crippen LogP contribution in [0.15, 0.2) is 42.7 Å². The Kier molecular flexibility index (Phi) is 9.87. The van der Waals surface area contributed by atoms with E-state index in [0.29, 0.717) is 25.1 Å². The Labute approximate surface area is 190 Å². The second-order valence-electron chi connectivity index (χ2n) is 9.15. The zero-order valence-corrected chi connectivity index (χ0v) is 19.4. The van der Waals surface area contributed by atoms with Crippen molar-refractivity contribution in [1.82, 2.24) is 20.6 Å². The lowest BCUT2D eigenvalue weighted by molar-refractivity contribution is -0.131. The molecule has 0 saturated heterocycles. The van der Waals surface area contributed by atoms with E-state index in [1.807, 2.05) is 58.0 Å². The number of aromatic amines is 1. The SMILES string of the molecule is CC(C)C[C@H](NC(=O)[C@@H](N)Cc1ccccc1)C(=O)N[C@H](CC(C)C)[C@H](O)c1ncc[nH]1. The van der Waals surface area contributed by atoms with Gasteiger partial charge in [0.1, 0.15) is 18.0 Å². The van der Waals surface area contributed by atoms with Gasteiger partial charge < -0.3 is 26.5 Å². The standard InChI is InChI=1S/C24H37N5O3/c1-15(2)12-19(21(30)22-26-10-11-27-22)28-24(32)20(13-16(3)4)29-23(31)18(25)14-17-8-6-5-7-9-17/h5-11,15-16,18-21,30H,12-14,25H2,1-4H3,(H,26,27)(H,28,32)(H,29,31)/t18-,19+,20-,21-/m0/s1. The van der Waals surface area contributed by atoms with E-state index in [4.69, 9.17) is 5.73 Å². The number of imidazole rings is 1. The molecule has 4 atom stereocenters. The summed E-state index contributed by atoms with van der Waals surface area (Å²) in [5.41, 5.74) is 7.07. The van der Waals surface area contributed by atoms with Crippen molar-refractivity contribution in [3.8, 4) is 0 Å². The predicted octanol–water partition coefficient (Wildman–Crippen LogP) is 2.07. The van der Waals surface area contributed by atoms with E-state index >= 15 is 0 Å². The summed E-state index contributed by atoms with van der Waals surface area (Å²) in [5.74, 6) is 0.0967. The highest BCUT2D eigenvalue weighted by molar-refractivity contribution is 5.90. The summed E-state index contributed by atoms with van der Waals surface area (Å²) < 4.78 is 0. The summed E-state index contributed by atoms with van der Waals surface area (Å²) >= 11 is 0. The largest absolute Gasteiger partial charge is 0.383 e. The minimum absolute atomic E-state index is 0.176. The third-order valence-corrected chi connectivity index (χ3v) is 5.21. The molecule has 0 fully saturated rings. The fourth-order valence-electron chi connectivity index (χ4n) is 3.63. The van der Waals surface area contributed by atoms with Crippen molar-refractivity contribution >= 4 is 11.8 Å². The van der Waals surface area contributed by atoms with Gasteiger partial charge in [0, 0.05) is 12.4 Å². The topological polar surface area (TPSA) is 133 Å². The molecule has 0 bridgehead atoms. The number of nitrogens with two attached hydrogens (primary N) is 1. The van der Waals surface area contributed by atoms with Gasteiger partial charge in [-0.3, -0.25) is 9.59 Å². The van der Waals surface area contributed by atoms with Crippen molar-refractivity contribution in [2.45, 2.75) is 71.2 Å². The maximum Gasteiger partial charge on any atom is 0.242 e. The molecule has 1 heterocycles. The van der Waals surface area contributed by atoms with Crippen LogP contribution in [-0.2, 0) is 16.0 Å². The third kappa shape index (κ3) is 8.09. The number of carbonyl (C=O) groups excluding carboxylic acids is 2. The van der Waals surface area contributed by atoms with Crippen LogP contribution in [0, 0.1) is 11.8 Å². The Balaban J connectivity index is 2.08. The number of hydrogen-bond donors (Lipinski definition) is 5. The summed E-state index contributed by atoms with van der Waals surface area (Å²) in [5, 5.41) is 16.5. The van der Waals surface area contributed by atoms with Crippen LogP contribution in [0.1, 0.15) is 58.0 Å². The first-order valence-corrected chi connectivity index (χ1v) is 11.2. The van der Waals surface area contributed by atoms with Crippen molar-refractivity contribution in [2.24, 2.45) is 17.6 Å². The highest BCUT2D eigenvalue weighted by Gasteiger charge is 2.30. The van der Waals surface area contributed by atoms with Crippen LogP contribution in [0.4, 0.5) is 0 Å². The monoisotopic (exact) mass is 443 g/mol. The Hall–Kier alpha value is -2.71. The van der Waals surface area contributed by atoms with Crippen molar-refractivity contribution in [1.29, 1.82) is 0 Å². The summed E-state index contributed by atoms with van der Waals surface area (Å²) in [6.07, 6.45) is 3.61. The second-order valence-corrected chi connectivity index (χ2v) is 9.15. The molecule has 0 aliphatic heterocycles. The van der Waals surface area contributed by atoms with Gasteiger partial charge in [0.15, 0.2) is 0 Å². The molecule has 1 aromatic heterocycles. The lowest BCUT2D eigenvalue weighted by Crippen LogP contribution is -2.55. The lowest BCUT2D eigenvalue weighted by atomic mass is 9.97. The van der Waals surface area contributed by atoms with Crippen LogP contribution in [-0.4, -0.2) is 45.0 Å². The van der Waals surface area contributed by atoms with Crippen LogP contribution in [0.2, 0.25) is 0 Å². The fourth-order valence-corrected chi connectivity index (χ4v) is 3.63. The molecule has 2 aromatic rings. The van der Waals surface area contributed by atoms with E-state index in [1.54, 1.807) is 12.4 Å². The van der Waals surface area contributed by atoms with Gasteiger partial charge in [-0.15, -0.1) is 0 Å². The molecular formula is C24H37N5O3. The highest BCUT2D eigenvalue weighted by atomic mass is 16.3. The number of benzene rings is 1. The van der Waals surface area contributed by atoms with Crippen LogP contribution < -0.4 is 16.4 Å². The van der Waals surface area contributed by atoms with Crippen LogP contribution in [0.5, 0.6) is 0 Å². The Morgan fingerprint density at radius 3 is 2.25 bits per heavy atom. The van der Waals surface area contributed by atoms with Crippen LogP contribution in [0.3, 0.4) is 0 Å². The van der Waals surface area contributed by atoms with Gasteiger partial charge >= 0.3 is 0 Å². The first kappa shape index (κ1) is 25.5. The molecule has 176 valence electrons. The normalized spacial score (nSPS) is 15.2. The number of aliphatic hydroxyl groups excluding tert-OH is 1. The van der Waals surface area contributed by atoms with Gasteiger partial charge in [0.05, 0.1) is 12.1 Å². The number of H-pyrrole nitrogens is 1. The Morgan fingerprint density at radius 2 is 1.69 bits per heavy atom. The number of nitrogens with zero attached hydrogens (tertiary/aromatic N) is 1. The van der Waals surface area contributed by atoms with Gasteiger partial charge in [0.2, 0.25) is 11.8 Å². The first-order chi connectivity index (χ1) is 15.2. The number of aromatic nitrogens is 2. The summed E-state index contributed by atoms with van der Waals surface area (Å²) in [6, 6.07) is 7.47. The molecule has 32 heavy (non-hydrogen) atoms. The van der Waals surface area contributed by atoms with E-state index in [2.05, 4.69) is 20.6 Å². The molecule has 0 radical (unpaired) electrons. The van der Waals surface area contributed by atoms with E-state index in [0.717, 1.165) is 5.56 Å². The summed E-state index contributed by atoms with van der Waals surface area (Å²) in [6.45, 7) is 8.01. The number of carbonyl (C=O) groups is 2. The van der Waals surface area contributed by atoms with Gasteiger partial charge in [0.25, 0.3) is 0 Å². The minimum Gasteiger partial charge on any atom is -0.383 e. The van der Waals surface area contributed by atoms with E-state index in [-0.39, 0.29) is 23.7 Å². The zero-order chi connectivity index (χ0) is 23.7. The molecule has 0 spiro atoms. The van der Waals surface area contributed by atoms with Crippen molar-refractivity contribution in [3.63, 3.8) is 0 Å². The maximum atomic E-state index is 13.2. The smallest absolute Gasteiger partial charge is 0.242 e. The highest BCUT2D eigenvalue weighted by Crippen LogP contribution is 2.19. The third-order valence-electron chi connectivity index (χ3n) is 5.21. The molecule has 6 N–H and O–H groups in total. The molecule has 0 unspecified atom stereocenters. The Bertz CT molecular complexity index is 823. The molecular weight excluding hydrogens is 406 g/mol. The quantitative estimate of drug-likeness (QED) is 0.342. The molecule has 0 saturated carbocycles. The Morgan fingerprint density at radius 1 is 1.03 bits per heavy atom. The fraction of sp³-hybridized carbons (Fsp3) is 0.542. The van der Waals surface area contributed by atoms with Crippen LogP contribution in [0.25, 0.3) is 0 Å². The number of nitrogens with one attached hydrogen (secondary N) is 3. The van der Waals surface area contributed by atoms with Gasteiger partial charge in [-0.2, -0.15) is 0 Å². The number of hydrogen-bond acceptors (Lipinski definition) is 5. The predicted molar refractivity (Wildman–Crippen MR) is 124 cm³/mol. The minimum atomic E-state index is -0.980. The average Bonchev–Trinajstić information content (AvgIpc) is 3.27. The zero-order valence-electron chi connectivity index (χ0n) is 19.4. The molecule has 2 amide bonds. The number of rotatable bonds is 12.